The number of nitrogens with two attached hydrogens (primary N) is 1. The number of hydrogen-bond donors (Lipinski definition) is 1. The maximum absolute atomic E-state index is 5.99. The van der Waals surface area contributed by atoms with Crippen molar-refractivity contribution in [3.63, 3.8) is 0 Å². The van der Waals surface area contributed by atoms with Crippen LogP contribution in [0.5, 0.6) is 0 Å². The van der Waals surface area contributed by atoms with E-state index < -0.39 is 0 Å². The minimum Gasteiger partial charge on any atom is -0.350 e. The summed E-state index contributed by atoms with van der Waals surface area (Å²) in [4.78, 5) is 0. The molecule has 3 heteroatoms. The van der Waals surface area contributed by atoms with Gasteiger partial charge in [-0.1, -0.05) is 24.3 Å². The molecule has 0 saturated carbocycles. The molecule has 0 amide bonds. The summed E-state index contributed by atoms with van der Waals surface area (Å²) < 4.78 is 11.0. The van der Waals surface area contributed by atoms with Gasteiger partial charge in [0.15, 0.2) is 6.29 Å². The molecule has 2 N–H and O–H groups in total. The first kappa shape index (κ1) is 11.2. The van der Waals surface area contributed by atoms with E-state index in [1.165, 1.54) is 11.1 Å². The fourth-order valence-electron chi connectivity index (χ4n) is 3.02. The smallest absolute Gasteiger partial charge is 0.157 e. The quantitative estimate of drug-likeness (QED) is 0.859. The second-order valence-electron chi connectivity index (χ2n) is 5.03. The Kier molecular flexibility index (Phi) is 2.90. The monoisotopic (exact) mass is 233 g/mol. The molecule has 0 radical (unpaired) electrons. The van der Waals surface area contributed by atoms with Crippen LogP contribution in [0.15, 0.2) is 24.3 Å². The number of ether oxygens (including phenoxy) is 2. The average molecular weight is 233 g/mol. The van der Waals surface area contributed by atoms with Crippen molar-refractivity contribution in [3.05, 3.63) is 35.4 Å². The predicted molar refractivity (Wildman–Crippen MR) is 65.8 cm³/mol. The molecular formula is C14H19NO2. The highest BCUT2D eigenvalue weighted by atomic mass is 16.7. The zero-order chi connectivity index (χ0) is 11.7. The second-order valence-corrected chi connectivity index (χ2v) is 5.03. The highest BCUT2D eigenvalue weighted by molar-refractivity contribution is 5.45. The highest BCUT2D eigenvalue weighted by Gasteiger charge is 2.41. The van der Waals surface area contributed by atoms with Crippen LogP contribution in [0.4, 0.5) is 0 Å². The Labute approximate surface area is 102 Å². The van der Waals surface area contributed by atoms with Gasteiger partial charge in [0.2, 0.25) is 0 Å². The van der Waals surface area contributed by atoms with E-state index in [1.807, 2.05) is 0 Å². The van der Waals surface area contributed by atoms with Gasteiger partial charge in [0.1, 0.15) is 0 Å². The Hall–Kier alpha value is -0.900. The van der Waals surface area contributed by atoms with E-state index in [9.17, 15) is 0 Å². The molecule has 1 aliphatic carbocycles. The van der Waals surface area contributed by atoms with Gasteiger partial charge in [0, 0.05) is 12.0 Å². The third-order valence-electron chi connectivity index (χ3n) is 4.06. The lowest BCUT2D eigenvalue weighted by molar-refractivity contribution is -0.0518. The zero-order valence-electron chi connectivity index (χ0n) is 10.0. The maximum Gasteiger partial charge on any atom is 0.157 e. The lowest BCUT2D eigenvalue weighted by Gasteiger charge is -2.44. The van der Waals surface area contributed by atoms with Crippen LogP contribution in [0.1, 0.15) is 24.0 Å². The summed E-state index contributed by atoms with van der Waals surface area (Å²) >= 11 is 0. The number of benzene rings is 1. The van der Waals surface area contributed by atoms with Gasteiger partial charge in [-0.2, -0.15) is 0 Å². The highest BCUT2D eigenvalue weighted by Crippen LogP contribution is 2.44. The lowest BCUT2D eigenvalue weighted by Crippen LogP contribution is -2.45. The van der Waals surface area contributed by atoms with Crippen molar-refractivity contribution in [1.82, 2.24) is 0 Å². The van der Waals surface area contributed by atoms with Crippen molar-refractivity contribution < 1.29 is 9.47 Å². The lowest BCUT2D eigenvalue weighted by atomic mass is 9.61. The van der Waals surface area contributed by atoms with Crippen LogP contribution in [0.3, 0.4) is 0 Å². The molecule has 1 heterocycles. The largest absolute Gasteiger partial charge is 0.350 e. The van der Waals surface area contributed by atoms with E-state index in [-0.39, 0.29) is 11.7 Å². The van der Waals surface area contributed by atoms with E-state index in [1.54, 1.807) is 0 Å². The van der Waals surface area contributed by atoms with Gasteiger partial charge in [-0.3, -0.25) is 0 Å². The average Bonchev–Trinajstić information content (AvgIpc) is 2.84. The second kappa shape index (κ2) is 4.41. The molecule has 1 aromatic rings. The SMILES string of the molecule is NCC1(CCC2OCCO2)Cc2ccccc21. The Bertz CT molecular complexity index is 401. The summed E-state index contributed by atoms with van der Waals surface area (Å²) in [6.07, 6.45) is 3.11. The van der Waals surface area contributed by atoms with Crippen LogP contribution in [-0.2, 0) is 21.3 Å². The van der Waals surface area contributed by atoms with Crippen molar-refractivity contribution in [1.29, 1.82) is 0 Å². The van der Waals surface area contributed by atoms with E-state index in [0.29, 0.717) is 0 Å². The van der Waals surface area contributed by atoms with E-state index in [0.717, 1.165) is 39.0 Å². The summed E-state index contributed by atoms with van der Waals surface area (Å²) in [6, 6.07) is 8.61. The molecule has 1 unspecified atom stereocenters. The Morgan fingerprint density at radius 1 is 1.24 bits per heavy atom. The molecule has 92 valence electrons. The molecule has 3 nitrogen and oxygen atoms in total. The molecule has 3 rings (SSSR count). The normalized spacial score (nSPS) is 27.8. The molecule has 0 aromatic heterocycles. The van der Waals surface area contributed by atoms with Crippen molar-refractivity contribution in [2.75, 3.05) is 19.8 Å². The first-order valence-electron chi connectivity index (χ1n) is 6.36. The van der Waals surface area contributed by atoms with Crippen molar-refractivity contribution in [2.24, 2.45) is 5.73 Å². The summed E-state index contributed by atoms with van der Waals surface area (Å²) in [5.74, 6) is 0. The molecule has 1 fully saturated rings. The topological polar surface area (TPSA) is 44.5 Å². The standard InChI is InChI=1S/C14H19NO2/c15-10-14(6-5-13-16-7-8-17-13)9-11-3-1-2-4-12(11)14/h1-4,13H,5-10,15H2. The third kappa shape index (κ3) is 1.88. The van der Waals surface area contributed by atoms with Crippen LogP contribution in [-0.4, -0.2) is 26.0 Å². The van der Waals surface area contributed by atoms with Gasteiger partial charge in [-0.05, 0) is 30.4 Å². The molecule has 1 aromatic carbocycles. The summed E-state index contributed by atoms with van der Waals surface area (Å²) in [5.41, 5.74) is 9.04. The fourth-order valence-corrected chi connectivity index (χ4v) is 3.02. The Morgan fingerprint density at radius 2 is 2.00 bits per heavy atom. The van der Waals surface area contributed by atoms with Crippen LogP contribution in [0.25, 0.3) is 0 Å². The van der Waals surface area contributed by atoms with Crippen molar-refractivity contribution in [3.8, 4) is 0 Å². The Morgan fingerprint density at radius 3 is 2.71 bits per heavy atom. The van der Waals surface area contributed by atoms with Crippen molar-refractivity contribution in [2.45, 2.75) is 31.0 Å². The van der Waals surface area contributed by atoms with E-state index >= 15 is 0 Å². The molecule has 1 aliphatic heterocycles. The van der Waals surface area contributed by atoms with Gasteiger partial charge >= 0.3 is 0 Å². The first-order valence-corrected chi connectivity index (χ1v) is 6.36. The first-order chi connectivity index (χ1) is 8.34. The zero-order valence-corrected chi connectivity index (χ0v) is 10.0. The minimum atomic E-state index is -0.00816. The van der Waals surface area contributed by atoms with Crippen LogP contribution in [0.2, 0.25) is 0 Å². The molecule has 1 atom stereocenters. The third-order valence-corrected chi connectivity index (χ3v) is 4.06. The van der Waals surface area contributed by atoms with Crippen molar-refractivity contribution >= 4 is 0 Å². The predicted octanol–water partition coefficient (Wildman–Crippen LogP) is 1.59. The van der Waals surface area contributed by atoms with E-state index in [4.69, 9.17) is 15.2 Å². The van der Waals surface area contributed by atoms with E-state index in [2.05, 4.69) is 24.3 Å². The summed E-state index contributed by atoms with van der Waals surface area (Å²) in [5, 5.41) is 0. The fraction of sp³-hybridized carbons (Fsp3) is 0.571. The number of fused-ring (bicyclic) bond motifs is 1. The summed E-state index contributed by atoms with van der Waals surface area (Å²) in [6.45, 7) is 2.19. The maximum atomic E-state index is 5.99. The molecule has 1 saturated heterocycles. The summed E-state index contributed by atoms with van der Waals surface area (Å²) in [7, 11) is 0. The van der Waals surface area contributed by atoms with Gasteiger partial charge in [0.05, 0.1) is 13.2 Å². The molecule has 17 heavy (non-hydrogen) atoms. The molecule has 0 bridgehead atoms. The van der Waals surface area contributed by atoms with Gasteiger partial charge in [-0.15, -0.1) is 0 Å². The number of rotatable bonds is 4. The van der Waals surface area contributed by atoms with Crippen LogP contribution in [0, 0.1) is 0 Å². The molecule has 2 aliphatic rings. The molecule has 0 spiro atoms. The Balaban J connectivity index is 1.68. The van der Waals surface area contributed by atoms with Crippen LogP contribution >= 0.6 is 0 Å². The molecular weight excluding hydrogens is 214 g/mol. The van der Waals surface area contributed by atoms with Gasteiger partial charge in [-0.25, -0.2) is 0 Å². The minimum absolute atomic E-state index is 0.00816. The number of hydrogen-bond acceptors (Lipinski definition) is 3. The van der Waals surface area contributed by atoms with Gasteiger partial charge in [0.25, 0.3) is 0 Å². The van der Waals surface area contributed by atoms with Crippen LogP contribution < -0.4 is 5.73 Å². The van der Waals surface area contributed by atoms with Gasteiger partial charge < -0.3 is 15.2 Å².